The summed E-state index contributed by atoms with van der Waals surface area (Å²) in [6.45, 7) is 2.84. The van der Waals surface area contributed by atoms with Gasteiger partial charge in [-0.3, -0.25) is 0 Å². The summed E-state index contributed by atoms with van der Waals surface area (Å²) in [5.74, 6) is 0. The smallest absolute Gasteiger partial charge is 0.0637 e. The molecular weight excluding hydrogens is 156 g/mol. The molecule has 4 heteroatoms. The molecule has 0 aliphatic heterocycles. The van der Waals surface area contributed by atoms with Gasteiger partial charge in [-0.05, 0) is 13.8 Å². The Morgan fingerprint density at radius 1 is 1.50 bits per heavy atom. The molecule has 0 spiro atoms. The lowest BCUT2D eigenvalue weighted by molar-refractivity contribution is 0.617. The Morgan fingerprint density at radius 2 is 1.90 bits per heavy atom. The van der Waals surface area contributed by atoms with E-state index in [2.05, 4.69) is 0 Å². The molecule has 0 heterocycles. The molecule has 0 aromatic heterocycles. The van der Waals surface area contributed by atoms with Crippen LogP contribution in [-0.4, -0.2) is 11.0 Å². The van der Waals surface area contributed by atoms with Gasteiger partial charge in [0.1, 0.15) is 0 Å². The second-order valence-electron chi connectivity index (χ2n) is 2.82. The van der Waals surface area contributed by atoms with Crippen molar-refractivity contribution in [1.82, 2.24) is 0 Å². The average molecular weight is 167 g/mol. The highest BCUT2D eigenvalue weighted by molar-refractivity contribution is 8.25. The zero-order valence-corrected chi connectivity index (χ0v) is 7.13. The third kappa shape index (κ3) is 2.14. The van der Waals surface area contributed by atoms with Crippen LogP contribution in [0, 0.1) is 11.3 Å². The van der Waals surface area contributed by atoms with Gasteiger partial charge in [0.05, 0.1) is 28.0 Å². The molecule has 60 valence electrons. The van der Waals surface area contributed by atoms with E-state index in [1.807, 2.05) is 0 Å². The highest BCUT2D eigenvalue weighted by Crippen LogP contribution is 2.60. The Bertz CT molecular complexity index is 154. The molecule has 10 heavy (non-hydrogen) atoms. The fourth-order valence-corrected chi connectivity index (χ4v) is 0.635. The van der Waals surface area contributed by atoms with Crippen LogP contribution in [0.25, 0.3) is 0 Å². The van der Waals surface area contributed by atoms with Crippen LogP contribution in [0.4, 0.5) is 7.77 Å². The van der Waals surface area contributed by atoms with Gasteiger partial charge in [0.15, 0.2) is 0 Å². The molecule has 0 fully saturated rings. The highest BCUT2D eigenvalue weighted by Gasteiger charge is 2.36. The molecule has 0 N–H and O–H groups in total. The zero-order chi connectivity index (χ0) is 8.41. The van der Waals surface area contributed by atoms with Crippen LogP contribution in [0.3, 0.4) is 0 Å². The van der Waals surface area contributed by atoms with Crippen molar-refractivity contribution in [2.75, 3.05) is 6.26 Å². The molecule has 0 aliphatic carbocycles. The second kappa shape index (κ2) is 2.75. The van der Waals surface area contributed by atoms with E-state index in [4.69, 9.17) is 5.26 Å². The Balaban J connectivity index is 4.28. The molecule has 0 saturated heterocycles. The first-order valence-corrected chi connectivity index (χ1v) is 4.69. The molecule has 0 aromatic rings. The number of hydrogen-bond donors (Lipinski definition) is 0. The summed E-state index contributed by atoms with van der Waals surface area (Å²) in [6, 6.07) is 1.76. The van der Waals surface area contributed by atoms with Crippen LogP contribution in [0.15, 0.2) is 0 Å². The molecule has 0 aliphatic rings. The lowest BCUT2D eigenvalue weighted by Gasteiger charge is -2.32. The molecule has 0 bridgehead atoms. The van der Waals surface area contributed by atoms with Crippen molar-refractivity contribution in [2.24, 2.45) is 0 Å². The summed E-state index contributed by atoms with van der Waals surface area (Å²) in [7, 11) is -3.59. The van der Waals surface area contributed by atoms with Crippen LogP contribution in [0.2, 0.25) is 0 Å². The van der Waals surface area contributed by atoms with E-state index in [0.29, 0.717) is 0 Å². The van der Waals surface area contributed by atoms with E-state index in [-0.39, 0.29) is 6.42 Å². The molecule has 0 aromatic carbocycles. The number of nitriles is 1. The SMILES string of the molecule is CC(C)(CC#N)S(C)(F)F. The molecule has 0 saturated carbocycles. The number of nitrogens with zero attached hydrogens (tertiary/aromatic N) is 1. The van der Waals surface area contributed by atoms with Crippen molar-refractivity contribution in [1.29, 1.82) is 5.26 Å². The molecule has 0 rings (SSSR count). The summed E-state index contributed by atoms with van der Waals surface area (Å²) in [5, 5.41) is 8.20. The largest absolute Gasteiger partial charge is 0.198 e. The Morgan fingerprint density at radius 3 is 2.00 bits per heavy atom. The van der Waals surface area contributed by atoms with Crippen molar-refractivity contribution in [3.63, 3.8) is 0 Å². The number of hydrogen-bond acceptors (Lipinski definition) is 1. The lowest BCUT2D eigenvalue weighted by Crippen LogP contribution is -2.21. The minimum absolute atomic E-state index is 0.0775. The fraction of sp³-hybridized carbons (Fsp3) is 0.833. The van der Waals surface area contributed by atoms with Gasteiger partial charge >= 0.3 is 0 Å². The van der Waals surface area contributed by atoms with Gasteiger partial charge in [0.2, 0.25) is 0 Å². The van der Waals surface area contributed by atoms with Gasteiger partial charge in [-0.2, -0.15) is 13.0 Å². The maximum atomic E-state index is 12.6. The predicted molar refractivity (Wildman–Crippen MR) is 40.0 cm³/mol. The third-order valence-corrected chi connectivity index (χ3v) is 3.56. The van der Waals surface area contributed by atoms with E-state index >= 15 is 0 Å². The predicted octanol–water partition coefficient (Wildman–Crippen LogP) is 2.88. The maximum absolute atomic E-state index is 12.6. The van der Waals surface area contributed by atoms with Gasteiger partial charge in [0.25, 0.3) is 0 Å². The van der Waals surface area contributed by atoms with Crippen LogP contribution in [0.5, 0.6) is 0 Å². The van der Waals surface area contributed by atoms with E-state index in [0.717, 1.165) is 6.26 Å². The zero-order valence-electron chi connectivity index (χ0n) is 6.32. The number of rotatable bonds is 2. The minimum Gasteiger partial charge on any atom is -0.198 e. The molecule has 0 radical (unpaired) electrons. The van der Waals surface area contributed by atoms with Crippen molar-refractivity contribution in [3.05, 3.63) is 0 Å². The lowest BCUT2D eigenvalue weighted by atomic mass is 10.1. The van der Waals surface area contributed by atoms with Gasteiger partial charge in [-0.1, -0.05) is 0 Å². The van der Waals surface area contributed by atoms with Gasteiger partial charge in [-0.25, -0.2) is 0 Å². The molecule has 1 nitrogen and oxygen atoms in total. The van der Waals surface area contributed by atoms with Crippen LogP contribution >= 0.6 is 10.8 Å². The minimum atomic E-state index is -3.59. The van der Waals surface area contributed by atoms with Crippen LogP contribution < -0.4 is 0 Å². The highest BCUT2D eigenvalue weighted by atomic mass is 32.3. The normalized spacial score (nSPS) is 14.4. The van der Waals surface area contributed by atoms with Gasteiger partial charge in [0, 0.05) is 6.26 Å². The van der Waals surface area contributed by atoms with Gasteiger partial charge < -0.3 is 0 Å². The van der Waals surface area contributed by atoms with E-state index in [1.165, 1.54) is 13.8 Å². The Labute approximate surface area is 61.9 Å². The van der Waals surface area contributed by atoms with E-state index in [1.54, 1.807) is 6.07 Å². The molecular formula is C6H11F2NS. The van der Waals surface area contributed by atoms with E-state index < -0.39 is 15.5 Å². The van der Waals surface area contributed by atoms with Crippen molar-refractivity contribution >= 4 is 10.8 Å². The van der Waals surface area contributed by atoms with Crippen LogP contribution in [-0.2, 0) is 0 Å². The first-order valence-electron chi connectivity index (χ1n) is 2.85. The standard InChI is InChI=1S/C6H11F2NS/c1-6(2,4-5-9)10(3,7)8/h4H2,1-3H3. The Hall–Kier alpha value is -0.300. The number of halogens is 2. The summed E-state index contributed by atoms with van der Waals surface area (Å²) in [6.07, 6.45) is 0.843. The topological polar surface area (TPSA) is 23.8 Å². The molecule has 0 amide bonds. The first kappa shape index (κ1) is 9.70. The van der Waals surface area contributed by atoms with Gasteiger partial charge in [-0.15, -0.1) is 0 Å². The summed E-state index contributed by atoms with van der Waals surface area (Å²) >= 11 is 0. The molecule has 0 unspecified atom stereocenters. The average Bonchev–Trinajstić information content (AvgIpc) is 1.61. The van der Waals surface area contributed by atoms with Crippen LogP contribution in [0.1, 0.15) is 20.3 Å². The second-order valence-corrected chi connectivity index (χ2v) is 5.38. The third-order valence-electron chi connectivity index (χ3n) is 1.48. The summed E-state index contributed by atoms with van der Waals surface area (Å²) in [5.41, 5.74) is 0. The quantitative estimate of drug-likeness (QED) is 0.620. The van der Waals surface area contributed by atoms with E-state index in [9.17, 15) is 7.77 Å². The monoisotopic (exact) mass is 167 g/mol. The maximum Gasteiger partial charge on any atom is 0.0637 e. The first-order chi connectivity index (χ1) is 4.31. The fourth-order valence-electron chi connectivity index (χ4n) is 0.317. The van der Waals surface area contributed by atoms with Crippen molar-refractivity contribution < 1.29 is 7.77 Å². The Kier molecular flexibility index (Phi) is 2.67. The summed E-state index contributed by atoms with van der Waals surface area (Å²) in [4.78, 5) is 0. The summed E-state index contributed by atoms with van der Waals surface area (Å²) < 4.78 is 24.1. The molecule has 0 atom stereocenters. The van der Waals surface area contributed by atoms with Crippen molar-refractivity contribution in [2.45, 2.75) is 25.0 Å². The van der Waals surface area contributed by atoms with Crippen molar-refractivity contribution in [3.8, 4) is 6.07 Å².